The minimum atomic E-state index is -0.680. The maximum atomic E-state index is 11.7. The Balaban J connectivity index is 1.77. The summed E-state index contributed by atoms with van der Waals surface area (Å²) in [6, 6.07) is 5.59. The topological polar surface area (TPSA) is 44.8 Å². The standard InChI is InChI=1S/C13H11BrO4S/c14-9-7-19-11-3-1-2-10(12(9)11)18-13(15)17-8-4-5-16-6-8/h1-3,7-8H,4-6H2. The molecule has 0 saturated carbocycles. The number of fused-ring (bicyclic) bond motifs is 1. The fourth-order valence-electron chi connectivity index (χ4n) is 1.96. The Morgan fingerprint density at radius 3 is 3.16 bits per heavy atom. The first-order valence-corrected chi connectivity index (χ1v) is 7.53. The molecule has 0 N–H and O–H groups in total. The van der Waals surface area contributed by atoms with Crippen molar-refractivity contribution in [1.82, 2.24) is 0 Å². The van der Waals surface area contributed by atoms with Crippen LogP contribution in [-0.4, -0.2) is 25.5 Å². The molecule has 0 amide bonds. The molecule has 2 aromatic rings. The number of ether oxygens (including phenoxy) is 3. The Kier molecular flexibility index (Phi) is 3.72. The first-order valence-electron chi connectivity index (χ1n) is 5.86. The van der Waals surface area contributed by atoms with E-state index < -0.39 is 6.16 Å². The molecule has 1 aromatic heterocycles. The number of hydrogen-bond acceptors (Lipinski definition) is 5. The molecule has 1 saturated heterocycles. The van der Waals surface area contributed by atoms with E-state index in [1.807, 2.05) is 17.5 Å². The Morgan fingerprint density at radius 2 is 2.37 bits per heavy atom. The Labute approximate surface area is 122 Å². The molecular weight excluding hydrogens is 332 g/mol. The first kappa shape index (κ1) is 12.9. The Bertz CT molecular complexity index is 604. The van der Waals surface area contributed by atoms with Crippen molar-refractivity contribution >= 4 is 43.5 Å². The van der Waals surface area contributed by atoms with Gasteiger partial charge in [0.15, 0.2) is 0 Å². The molecule has 1 unspecified atom stereocenters. The van der Waals surface area contributed by atoms with Crippen LogP contribution in [-0.2, 0) is 9.47 Å². The zero-order chi connectivity index (χ0) is 13.2. The Hall–Kier alpha value is -1.11. The van der Waals surface area contributed by atoms with Gasteiger partial charge in [-0.15, -0.1) is 11.3 Å². The molecule has 0 radical (unpaired) electrons. The highest BCUT2D eigenvalue weighted by molar-refractivity contribution is 9.10. The van der Waals surface area contributed by atoms with Gasteiger partial charge in [0.05, 0.1) is 13.2 Å². The first-order chi connectivity index (χ1) is 9.24. The zero-order valence-corrected chi connectivity index (χ0v) is 12.3. The predicted octanol–water partition coefficient (Wildman–Crippen LogP) is 3.97. The van der Waals surface area contributed by atoms with Gasteiger partial charge in [-0.05, 0) is 28.1 Å². The highest BCUT2D eigenvalue weighted by Crippen LogP contribution is 2.37. The summed E-state index contributed by atoms with van der Waals surface area (Å²) < 4.78 is 17.6. The van der Waals surface area contributed by atoms with Crippen molar-refractivity contribution in [2.24, 2.45) is 0 Å². The summed E-state index contributed by atoms with van der Waals surface area (Å²) in [5.41, 5.74) is 0. The lowest BCUT2D eigenvalue weighted by molar-refractivity contribution is 0.0510. The van der Waals surface area contributed by atoms with Crippen LogP contribution in [0.25, 0.3) is 10.1 Å². The molecule has 2 heterocycles. The third-order valence-corrected chi connectivity index (χ3v) is 4.74. The number of carbonyl (C=O) groups excluding carboxylic acids is 1. The molecule has 1 aliphatic rings. The van der Waals surface area contributed by atoms with Crippen LogP contribution in [0.4, 0.5) is 4.79 Å². The van der Waals surface area contributed by atoms with Gasteiger partial charge in [-0.2, -0.15) is 0 Å². The van der Waals surface area contributed by atoms with E-state index in [1.54, 1.807) is 17.4 Å². The number of thiophene rings is 1. The van der Waals surface area contributed by atoms with E-state index in [0.717, 1.165) is 21.0 Å². The summed E-state index contributed by atoms with van der Waals surface area (Å²) in [6.07, 6.45) is -0.153. The van der Waals surface area contributed by atoms with E-state index in [4.69, 9.17) is 14.2 Å². The molecule has 1 fully saturated rings. The number of carbonyl (C=O) groups is 1. The summed E-state index contributed by atoms with van der Waals surface area (Å²) in [5.74, 6) is 0.509. The number of rotatable bonds is 2. The summed E-state index contributed by atoms with van der Waals surface area (Å²) in [5, 5.41) is 2.86. The van der Waals surface area contributed by atoms with Gasteiger partial charge in [-0.25, -0.2) is 4.79 Å². The van der Waals surface area contributed by atoms with E-state index >= 15 is 0 Å². The van der Waals surface area contributed by atoms with Crippen molar-refractivity contribution in [2.75, 3.05) is 13.2 Å². The lowest BCUT2D eigenvalue weighted by atomic mass is 10.2. The van der Waals surface area contributed by atoms with Gasteiger partial charge in [0.25, 0.3) is 0 Å². The monoisotopic (exact) mass is 342 g/mol. The van der Waals surface area contributed by atoms with Crippen molar-refractivity contribution in [3.8, 4) is 5.75 Å². The van der Waals surface area contributed by atoms with Crippen LogP contribution in [0.1, 0.15) is 6.42 Å². The van der Waals surface area contributed by atoms with Crippen LogP contribution >= 0.6 is 27.3 Å². The van der Waals surface area contributed by atoms with Crippen LogP contribution in [0.3, 0.4) is 0 Å². The molecule has 6 heteroatoms. The van der Waals surface area contributed by atoms with Gasteiger partial charge in [-0.1, -0.05) is 6.07 Å². The van der Waals surface area contributed by atoms with Crippen molar-refractivity contribution < 1.29 is 19.0 Å². The molecular formula is C13H11BrO4S. The lowest BCUT2D eigenvalue weighted by Gasteiger charge is -2.10. The van der Waals surface area contributed by atoms with Crippen molar-refractivity contribution in [2.45, 2.75) is 12.5 Å². The Morgan fingerprint density at radius 1 is 1.47 bits per heavy atom. The maximum absolute atomic E-state index is 11.7. The molecule has 100 valence electrons. The second kappa shape index (κ2) is 5.48. The second-order valence-corrected chi connectivity index (χ2v) is 5.93. The second-order valence-electron chi connectivity index (χ2n) is 4.17. The molecule has 3 rings (SSSR count). The number of halogens is 1. The highest BCUT2D eigenvalue weighted by atomic mass is 79.9. The summed E-state index contributed by atoms with van der Waals surface area (Å²) in [6.45, 7) is 1.07. The van der Waals surface area contributed by atoms with Crippen LogP contribution in [0, 0.1) is 0 Å². The molecule has 0 aliphatic carbocycles. The van der Waals surface area contributed by atoms with E-state index in [2.05, 4.69) is 15.9 Å². The van der Waals surface area contributed by atoms with Crippen LogP contribution in [0.15, 0.2) is 28.1 Å². The van der Waals surface area contributed by atoms with Gasteiger partial charge in [0.2, 0.25) is 0 Å². The van der Waals surface area contributed by atoms with Crippen LogP contribution < -0.4 is 4.74 Å². The third kappa shape index (κ3) is 2.75. The van der Waals surface area contributed by atoms with Crippen LogP contribution in [0.2, 0.25) is 0 Å². The summed E-state index contributed by atoms with van der Waals surface area (Å²) in [7, 11) is 0. The summed E-state index contributed by atoms with van der Waals surface area (Å²) in [4.78, 5) is 11.7. The average molecular weight is 343 g/mol. The fraction of sp³-hybridized carbons (Fsp3) is 0.308. The number of hydrogen-bond donors (Lipinski definition) is 0. The van der Waals surface area contributed by atoms with Gasteiger partial charge in [0, 0.05) is 26.4 Å². The van der Waals surface area contributed by atoms with E-state index in [9.17, 15) is 4.79 Å². The SMILES string of the molecule is O=C(Oc1cccc2scc(Br)c12)OC1CCOC1. The van der Waals surface area contributed by atoms with Crippen molar-refractivity contribution in [3.63, 3.8) is 0 Å². The molecule has 0 bridgehead atoms. The maximum Gasteiger partial charge on any atom is 0.514 e. The predicted molar refractivity (Wildman–Crippen MR) is 75.9 cm³/mol. The lowest BCUT2D eigenvalue weighted by Crippen LogP contribution is -2.20. The minimum Gasteiger partial charge on any atom is -0.428 e. The highest BCUT2D eigenvalue weighted by Gasteiger charge is 2.22. The van der Waals surface area contributed by atoms with Gasteiger partial charge in [0.1, 0.15) is 11.9 Å². The van der Waals surface area contributed by atoms with E-state index in [-0.39, 0.29) is 6.10 Å². The van der Waals surface area contributed by atoms with Crippen molar-refractivity contribution in [1.29, 1.82) is 0 Å². The molecule has 4 nitrogen and oxygen atoms in total. The van der Waals surface area contributed by atoms with Gasteiger partial charge >= 0.3 is 6.16 Å². The molecule has 1 aliphatic heterocycles. The molecule has 1 atom stereocenters. The van der Waals surface area contributed by atoms with Gasteiger partial charge < -0.3 is 14.2 Å². The van der Waals surface area contributed by atoms with E-state index in [1.165, 1.54) is 0 Å². The summed E-state index contributed by atoms with van der Waals surface area (Å²) >= 11 is 5.04. The normalized spacial score (nSPS) is 18.7. The number of benzene rings is 1. The minimum absolute atomic E-state index is 0.197. The quantitative estimate of drug-likeness (QED) is 0.611. The van der Waals surface area contributed by atoms with Crippen LogP contribution in [0.5, 0.6) is 5.75 Å². The van der Waals surface area contributed by atoms with Gasteiger partial charge in [-0.3, -0.25) is 0 Å². The van der Waals surface area contributed by atoms with Crippen molar-refractivity contribution in [3.05, 3.63) is 28.1 Å². The fourth-order valence-corrected chi connectivity index (χ4v) is 3.61. The molecule has 1 aromatic carbocycles. The third-order valence-electron chi connectivity index (χ3n) is 2.86. The smallest absolute Gasteiger partial charge is 0.428 e. The molecule has 0 spiro atoms. The average Bonchev–Trinajstić information content (AvgIpc) is 3.00. The molecule has 19 heavy (non-hydrogen) atoms. The zero-order valence-electron chi connectivity index (χ0n) is 9.93. The van der Waals surface area contributed by atoms with E-state index in [0.29, 0.717) is 19.0 Å². The largest absolute Gasteiger partial charge is 0.514 e.